The van der Waals surface area contributed by atoms with Gasteiger partial charge in [-0.05, 0) is 0 Å². The summed E-state index contributed by atoms with van der Waals surface area (Å²) in [6.07, 6.45) is 0. The Balaban J connectivity index is 11.1. The van der Waals surface area contributed by atoms with Gasteiger partial charge in [-0.25, -0.2) is 0 Å². The quantitative estimate of drug-likeness (QED) is 0.0269. The van der Waals surface area contributed by atoms with Crippen molar-refractivity contribution in [2.75, 3.05) is 443 Å². The van der Waals surface area contributed by atoms with Crippen molar-refractivity contribution in [2.24, 2.45) is 86.6 Å². The second-order valence-electron chi connectivity index (χ2n) is 38.6. The van der Waals surface area contributed by atoms with Crippen molar-refractivity contribution in [1.82, 2.24) is 0 Å². The highest BCUT2D eigenvalue weighted by molar-refractivity contribution is 4.95. The molecule has 0 saturated heterocycles. The lowest BCUT2D eigenvalue weighted by Gasteiger charge is -2.42. The molecule has 0 aromatic heterocycles. The van der Waals surface area contributed by atoms with Crippen LogP contribution >= 0.6 is 0 Å². The first-order valence-electron chi connectivity index (χ1n) is 44.2. The van der Waals surface area contributed by atoms with Crippen LogP contribution in [0.4, 0.5) is 0 Å². The SMILES string of the molecule is OCC(CO)(CO)COCC(COCC(CO)(CO)CO)(COCC(CO)(CO)CO)COCC(COCC(COCC(CO)(CO)CO)(COCC(CO)(CO)CO)COCC(CO)(CO)CO)(COCC(COCC(CO)(CO)CO)(COCC(CO)(CO)CO)COCC(CO)(CO)CO)COCC(COCC(CO)(CO)CO)(COCC(CO)(CO)CO)OCC(CO)(CO)CO. The fourth-order valence-corrected chi connectivity index (χ4v) is 12.2. The molecule has 0 aromatic rings. The number of ether oxygens (including phenoxy) is 16. The molecule has 818 valence electrons. The summed E-state index contributed by atoms with van der Waals surface area (Å²) in [5.41, 5.74) is -32.8. The third-order valence-electron chi connectivity index (χ3n) is 24.9. The van der Waals surface area contributed by atoms with Crippen LogP contribution in [0.1, 0.15) is 0 Å². The average Bonchev–Trinajstić information content (AvgIpc) is 0.825. The van der Waals surface area contributed by atoms with E-state index in [9.17, 15) is 184 Å². The van der Waals surface area contributed by atoms with Crippen molar-refractivity contribution in [3.63, 3.8) is 0 Å². The zero-order valence-electron chi connectivity index (χ0n) is 78.5. The Hall–Kier alpha value is -2.08. The Kier molecular flexibility index (Phi) is 68.1. The van der Waals surface area contributed by atoms with Gasteiger partial charge in [0.15, 0.2) is 0 Å². The lowest BCUT2D eigenvalue weighted by Crippen LogP contribution is -2.54. The number of aliphatic hydroxyl groups is 36. The molecule has 0 fully saturated rings. The highest BCUT2D eigenvalue weighted by atomic mass is 16.6. The highest BCUT2D eigenvalue weighted by Gasteiger charge is 2.49. The molecule has 0 atom stereocenters. The van der Waals surface area contributed by atoms with Gasteiger partial charge in [-0.15, -0.1) is 0 Å². The molecule has 0 heterocycles. The first-order chi connectivity index (χ1) is 65.0. The normalized spacial score (nSPS) is 14.1. The summed E-state index contributed by atoms with van der Waals surface area (Å²) < 4.78 is 103. The summed E-state index contributed by atoms with van der Waals surface area (Å²) in [7, 11) is 0. The zero-order chi connectivity index (χ0) is 103. The number of hydrogen-bond acceptors (Lipinski definition) is 52. The van der Waals surface area contributed by atoms with Crippen LogP contribution in [0.15, 0.2) is 0 Å². The van der Waals surface area contributed by atoms with E-state index in [-0.39, 0.29) is 0 Å². The van der Waals surface area contributed by atoms with E-state index in [1.807, 2.05) is 0 Å². The van der Waals surface area contributed by atoms with Crippen molar-refractivity contribution >= 4 is 0 Å². The highest BCUT2D eigenvalue weighted by Crippen LogP contribution is 2.37. The Labute approximate surface area is 791 Å². The molecule has 36 N–H and O–H groups in total. The maximum absolute atomic E-state index is 10.8. The molecule has 0 aliphatic carbocycles. The largest absolute Gasteiger partial charge is 0.396 e. The van der Waals surface area contributed by atoms with Crippen molar-refractivity contribution in [3.05, 3.63) is 0 Å². The van der Waals surface area contributed by atoms with Crippen LogP contribution in [0.3, 0.4) is 0 Å². The van der Waals surface area contributed by atoms with E-state index in [4.69, 9.17) is 75.8 Å². The summed E-state index contributed by atoms with van der Waals surface area (Å²) in [6.45, 7) is -58.7. The van der Waals surface area contributed by atoms with E-state index in [1.165, 1.54) is 0 Å². The molecule has 0 bridgehead atoms. The predicted octanol–water partition coefficient (Wildman–Crippen LogP) is -18.5. The number of rotatable bonds is 99. The topological polar surface area (TPSA) is 876 Å². The Morgan fingerprint density at radius 1 is 0.0809 bits per heavy atom. The van der Waals surface area contributed by atoms with E-state index in [0.29, 0.717) is 0 Å². The van der Waals surface area contributed by atoms with Crippen LogP contribution in [-0.2, 0) is 75.8 Å². The van der Waals surface area contributed by atoms with Crippen LogP contribution in [0.5, 0.6) is 0 Å². The van der Waals surface area contributed by atoms with Crippen molar-refractivity contribution in [2.45, 2.75) is 5.60 Å². The average molecular weight is 2010 g/mol. The Morgan fingerprint density at radius 3 is 0.228 bits per heavy atom. The molecule has 0 amide bonds. The van der Waals surface area contributed by atoms with Crippen LogP contribution < -0.4 is 0 Å². The van der Waals surface area contributed by atoms with Crippen LogP contribution in [0.2, 0.25) is 0 Å². The second-order valence-corrected chi connectivity index (χ2v) is 38.6. The van der Waals surface area contributed by atoms with Gasteiger partial charge in [0.2, 0.25) is 0 Å². The number of aliphatic hydroxyl groups excluding tert-OH is 36. The maximum Gasteiger partial charge on any atom is 0.138 e. The fraction of sp³-hybridized carbons (Fsp3) is 1.00. The molecular weight excluding hydrogens is 1840 g/mol. The molecule has 0 rings (SSSR count). The van der Waals surface area contributed by atoms with E-state index in [2.05, 4.69) is 0 Å². The predicted molar refractivity (Wildman–Crippen MR) is 465 cm³/mol. The van der Waals surface area contributed by atoms with Gasteiger partial charge in [0, 0.05) is 0 Å². The summed E-state index contributed by atoms with van der Waals surface area (Å²) in [5.74, 6) is 0. The number of hydrogen-bond donors (Lipinski definition) is 36. The Morgan fingerprint density at radius 2 is 0.147 bits per heavy atom. The molecule has 52 heteroatoms. The van der Waals surface area contributed by atoms with Gasteiger partial charge >= 0.3 is 0 Å². The molecule has 0 unspecified atom stereocenters. The smallest absolute Gasteiger partial charge is 0.138 e. The van der Waals surface area contributed by atoms with E-state index >= 15 is 0 Å². The van der Waals surface area contributed by atoms with E-state index in [0.717, 1.165) is 0 Å². The minimum Gasteiger partial charge on any atom is -0.396 e. The first kappa shape index (κ1) is 134. The first-order valence-corrected chi connectivity index (χ1v) is 44.2. The molecule has 136 heavy (non-hydrogen) atoms. The molecular formula is C84H170O52. The molecule has 52 nitrogen and oxygen atoms in total. The zero-order valence-corrected chi connectivity index (χ0v) is 78.5. The third-order valence-corrected chi connectivity index (χ3v) is 24.9. The maximum atomic E-state index is 10.8. The molecule has 0 aliphatic heterocycles. The van der Waals surface area contributed by atoms with Gasteiger partial charge in [0.05, 0.1) is 529 Å². The van der Waals surface area contributed by atoms with E-state index < -0.39 is 535 Å². The van der Waals surface area contributed by atoms with Crippen molar-refractivity contribution < 1.29 is 260 Å². The summed E-state index contributed by atoms with van der Waals surface area (Å²) >= 11 is 0. The van der Waals surface area contributed by atoms with Crippen molar-refractivity contribution in [3.8, 4) is 0 Å². The van der Waals surface area contributed by atoms with Gasteiger partial charge in [0.25, 0.3) is 0 Å². The lowest BCUT2D eigenvalue weighted by atomic mass is 9.88. The minimum atomic E-state index is -2.35. The standard InChI is InChI=1S/C84H170O52/c85-1-68(2-86,3-87)37-121-48-80(49-122-38-69(4-88,5-89)6-90,50-123-39-70(7-91,8-92)9-93)57-130-60-83(63-135-67-84(136-64-79(34-118,35-119)36-120,65-133-46-77(28-112,29-113)30-114)66-134-47-78(31-115,32-116)33-117,61-131-58-81(51-124-40-71(10-94,11-95)12-96,52-125-41-72(13-97,14-98)15-99)53-126-42-73(16-100,17-101)18-102)62-132-59-82(54-127-43-74(19-103,20-104)21-105,55-128-44-75(22-106,23-107)24-108)56-129-45-76(25-109,26-110)27-111/h85-120H,1-67H2. The van der Waals surface area contributed by atoms with Gasteiger partial charge in [-0.1, -0.05) is 0 Å². The van der Waals surface area contributed by atoms with Gasteiger partial charge in [-0.3, -0.25) is 0 Å². The van der Waals surface area contributed by atoms with Crippen LogP contribution in [0, 0.1) is 86.6 Å². The minimum absolute atomic E-state index is 0.710. The summed E-state index contributed by atoms with van der Waals surface area (Å²) in [4.78, 5) is 0. The fourth-order valence-electron chi connectivity index (χ4n) is 12.2. The Bertz CT molecular complexity index is 2290. The molecule has 0 radical (unpaired) electrons. The monoisotopic (exact) mass is 2010 g/mol. The van der Waals surface area contributed by atoms with Crippen LogP contribution in [-0.4, -0.2) is 632 Å². The molecule has 0 aliphatic rings. The third kappa shape index (κ3) is 41.7. The molecule has 0 aromatic carbocycles. The van der Waals surface area contributed by atoms with Gasteiger partial charge < -0.3 is 260 Å². The van der Waals surface area contributed by atoms with Gasteiger partial charge in [-0.2, -0.15) is 0 Å². The lowest BCUT2D eigenvalue weighted by molar-refractivity contribution is -0.216. The molecule has 0 spiro atoms. The van der Waals surface area contributed by atoms with Crippen LogP contribution in [0.25, 0.3) is 0 Å². The second kappa shape index (κ2) is 69.1. The van der Waals surface area contributed by atoms with Gasteiger partial charge in [0.1, 0.15) is 5.60 Å². The van der Waals surface area contributed by atoms with E-state index in [1.54, 1.807) is 0 Å². The van der Waals surface area contributed by atoms with Crippen molar-refractivity contribution in [1.29, 1.82) is 0 Å². The summed E-state index contributed by atoms with van der Waals surface area (Å²) in [5, 5.41) is 382. The molecule has 0 saturated carbocycles. The summed E-state index contributed by atoms with van der Waals surface area (Å²) in [6, 6.07) is 0.